The molecule has 0 atom stereocenters. The summed E-state index contributed by atoms with van der Waals surface area (Å²) < 4.78 is 36.2. The number of rotatable bonds is 5. The van der Waals surface area contributed by atoms with Crippen LogP contribution in [0, 0.1) is 0 Å². The standard InChI is InChI=1S/C23H21N3O5S/c1-24-20-14-13-19(15-21(20)25(2)23(24)28)32(29,30)26(17-9-11-18(31-3)12-10-17)22(27)16-7-5-4-6-8-16/h4-15H,1-3H3. The maximum atomic E-state index is 13.7. The summed E-state index contributed by atoms with van der Waals surface area (Å²) in [5.41, 5.74) is 1.14. The number of ether oxygens (including phenoxy) is 1. The van der Waals surface area contributed by atoms with Crippen LogP contribution in [0.3, 0.4) is 0 Å². The second-order valence-corrected chi connectivity index (χ2v) is 8.98. The molecule has 0 aliphatic carbocycles. The van der Waals surface area contributed by atoms with Crippen molar-refractivity contribution in [1.29, 1.82) is 0 Å². The first kappa shape index (κ1) is 21.4. The van der Waals surface area contributed by atoms with Crippen molar-refractivity contribution in [1.82, 2.24) is 9.13 Å². The number of imidazole rings is 1. The normalized spacial score (nSPS) is 11.5. The lowest BCUT2D eigenvalue weighted by atomic mass is 10.2. The van der Waals surface area contributed by atoms with Gasteiger partial charge in [-0.25, -0.2) is 13.2 Å². The Balaban J connectivity index is 1.91. The molecule has 9 heteroatoms. The Morgan fingerprint density at radius 2 is 1.50 bits per heavy atom. The summed E-state index contributed by atoms with van der Waals surface area (Å²) in [5.74, 6) is -0.170. The largest absolute Gasteiger partial charge is 0.497 e. The van der Waals surface area contributed by atoms with Crippen LogP contribution in [0.1, 0.15) is 10.4 Å². The van der Waals surface area contributed by atoms with Crippen molar-refractivity contribution < 1.29 is 17.9 Å². The Bertz CT molecular complexity index is 1470. The SMILES string of the molecule is COc1ccc(N(C(=O)c2ccccc2)S(=O)(=O)c2ccc3c(c2)n(C)c(=O)n3C)cc1. The molecule has 4 rings (SSSR count). The fourth-order valence-corrected chi connectivity index (χ4v) is 4.97. The van der Waals surface area contributed by atoms with Crippen LogP contribution in [0.2, 0.25) is 0 Å². The van der Waals surface area contributed by atoms with E-state index in [2.05, 4.69) is 0 Å². The number of hydrogen-bond acceptors (Lipinski definition) is 5. The second-order valence-electron chi connectivity index (χ2n) is 7.19. The molecular weight excluding hydrogens is 430 g/mol. The molecule has 164 valence electrons. The first-order valence-corrected chi connectivity index (χ1v) is 11.1. The number of hydrogen-bond donors (Lipinski definition) is 0. The molecule has 0 N–H and O–H groups in total. The first-order valence-electron chi connectivity index (χ1n) is 9.70. The zero-order valence-electron chi connectivity index (χ0n) is 17.7. The van der Waals surface area contributed by atoms with Gasteiger partial charge in [-0.2, -0.15) is 4.31 Å². The number of nitrogens with zero attached hydrogens (tertiary/aromatic N) is 3. The molecular formula is C23H21N3O5S. The topological polar surface area (TPSA) is 90.6 Å². The van der Waals surface area contributed by atoms with Crippen LogP contribution in [0.25, 0.3) is 11.0 Å². The maximum Gasteiger partial charge on any atom is 0.328 e. The molecule has 0 radical (unpaired) electrons. The van der Waals surface area contributed by atoms with E-state index in [9.17, 15) is 18.0 Å². The minimum atomic E-state index is -4.31. The predicted octanol–water partition coefficient (Wildman–Crippen LogP) is 2.92. The minimum absolute atomic E-state index is 0.105. The molecule has 0 spiro atoms. The van der Waals surface area contributed by atoms with Gasteiger partial charge in [0, 0.05) is 19.7 Å². The number of carbonyl (C=O) groups excluding carboxylic acids is 1. The van der Waals surface area contributed by atoms with Gasteiger partial charge in [-0.15, -0.1) is 0 Å². The summed E-state index contributed by atoms with van der Waals surface area (Å²) >= 11 is 0. The zero-order chi connectivity index (χ0) is 23.0. The van der Waals surface area contributed by atoms with Gasteiger partial charge in [0.25, 0.3) is 15.9 Å². The van der Waals surface area contributed by atoms with Gasteiger partial charge in [0.2, 0.25) is 0 Å². The number of aromatic nitrogens is 2. The van der Waals surface area contributed by atoms with E-state index >= 15 is 0 Å². The number of sulfonamides is 1. The molecule has 8 nitrogen and oxygen atoms in total. The second kappa shape index (κ2) is 8.01. The molecule has 0 aliphatic heterocycles. The minimum Gasteiger partial charge on any atom is -0.497 e. The van der Waals surface area contributed by atoms with Crippen molar-refractivity contribution >= 4 is 32.7 Å². The third kappa shape index (κ3) is 3.46. The van der Waals surface area contributed by atoms with E-state index in [1.807, 2.05) is 0 Å². The molecule has 0 saturated carbocycles. The highest BCUT2D eigenvalue weighted by Gasteiger charge is 2.32. The highest BCUT2D eigenvalue weighted by atomic mass is 32.2. The molecule has 32 heavy (non-hydrogen) atoms. The van der Waals surface area contributed by atoms with E-state index < -0.39 is 15.9 Å². The Kier molecular flexibility index (Phi) is 5.35. The number of methoxy groups -OCH3 is 1. The number of aryl methyl sites for hydroxylation is 2. The molecule has 1 amide bonds. The van der Waals surface area contributed by atoms with Crippen LogP contribution in [0.4, 0.5) is 5.69 Å². The molecule has 0 aliphatic rings. The summed E-state index contributed by atoms with van der Waals surface area (Å²) in [5, 5.41) is 0. The highest BCUT2D eigenvalue weighted by Crippen LogP contribution is 2.29. The average Bonchev–Trinajstić information content (AvgIpc) is 3.03. The van der Waals surface area contributed by atoms with E-state index in [4.69, 9.17) is 4.74 Å². The van der Waals surface area contributed by atoms with Crippen molar-refractivity contribution in [2.24, 2.45) is 14.1 Å². The van der Waals surface area contributed by atoms with E-state index in [0.717, 1.165) is 4.31 Å². The monoisotopic (exact) mass is 451 g/mol. The van der Waals surface area contributed by atoms with Crippen LogP contribution >= 0.6 is 0 Å². The Morgan fingerprint density at radius 3 is 2.12 bits per heavy atom. The zero-order valence-corrected chi connectivity index (χ0v) is 18.5. The van der Waals surface area contributed by atoms with Crippen LogP contribution in [0.15, 0.2) is 82.5 Å². The fraction of sp³-hybridized carbons (Fsp3) is 0.130. The van der Waals surface area contributed by atoms with Crippen LogP contribution in [0.5, 0.6) is 5.75 Å². The van der Waals surface area contributed by atoms with Crippen LogP contribution in [-0.2, 0) is 24.1 Å². The third-order valence-corrected chi connectivity index (χ3v) is 7.00. The maximum absolute atomic E-state index is 13.7. The van der Waals surface area contributed by atoms with E-state index in [1.165, 1.54) is 40.5 Å². The van der Waals surface area contributed by atoms with Crippen molar-refractivity contribution in [2.75, 3.05) is 11.4 Å². The molecule has 0 bridgehead atoms. The van der Waals surface area contributed by atoms with Crippen molar-refractivity contribution in [2.45, 2.75) is 4.90 Å². The van der Waals surface area contributed by atoms with Gasteiger partial charge in [-0.05, 0) is 54.6 Å². The molecule has 0 unspecified atom stereocenters. The fourth-order valence-electron chi connectivity index (χ4n) is 3.53. The Labute approximate surface area is 184 Å². The molecule has 0 fully saturated rings. The van der Waals surface area contributed by atoms with Gasteiger partial charge < -0.3 is 4.74 Å². The van der Waals surface area contributed by atoms with Gasteiger partial charge in [0.1, 0.15) is 5.75 Å². The lowest BCUT2D eigenvalue weighted by molar-refractivity contribution is 0.101. The summed E-state index contributed by atoms with van der Waals surface area (Å²) in [7, 11) is 0.363. The van der Waals surface area contributed by atoms with Crippen molar-refractivity contribution in [3.63, 3.8) is 0 Å². The number of fused-ring (bicyclic) bond motifs is 1. The summed E-state index contributed by atoms with van der Waals surface area (Å²) in [6.45, 7) is 0. The average molecular weight is 452 g/mol. The van der Waals surface area contributed by atoms with Gasteiger partial charge >= 0.3 is 5.69 Å². The molecule has 0 saturated heterocycles. The summed E-state index contributed by atoms with van der Waals surface area (Å²) in [6, 6.07) is 18.7. The van der Waals surface area contributed by atoms with Crippen molar-refractivity contribution in [3.8, 4) is 5.75 Å². The van der Waals surface area contributed by atoms with Gasteiger partial charge in [-0.1, -0.05) is 18.2 Å². The van der Waals surface area contributed by atoms with E-state index in [1.54, 1.807) is 62.6 Å². The number of carbonyl (C=O) groups is 1. The molecule has 4 aromatic rings. The quantitative estimate of drug-likeness (QED) is 0.465. The lowest BCUT2D eigenvalue weighted by Crippen LogP contribution is -2.37. The van der Waals surface area contributed by atoms with Gasteiger partial charge in [-0.3, -0.25) is 13.9 Å². The van der Waals surface area contributed by atoms with Crippen molar-refractivity contribution in [3.05, 3.63) is 88.8 Å². The number of amides is 1. The molecule has 3 aromatic carbocycles. The molecule has 1 heterocycles. The van der Waals surface area contributed by atoms with Crippen LogP contribution < -0.4 is 14.7 Å². The summed E-state index contributed by atoms with van der Waals surface area (Å²) in [4.78, 5) is 25.5. The first-order chi connectivity index (χ1) is 15.3. The van der Waals surface area contributed by atoms with E-state index in [0.29, 0.717) is 16.8 Å². The molecule has 1 aromatic heterocycles. The number of anilines is 1. The summed E-state index contributed by atoms with van der Waals surface area (Å²) in [6.07, 6.45) is 0. The highest BCUT2D eigenvalue weighted by molar-refractivity contribution is 7.93. The van der Waals surface area contributed by atoms with Gasteiger partial charge in [0.15, 0.2) is 0 Å². The predicted molar refractivity (Wildman–Crippen MR) is 122 cm³/mol. The third-order valence-electron chi connectivity index (χ3n) is 5.29. The van der Waals surface area contributed by atoms with Gasteiger partial charge in [0.05, 0.1) is 28.7 Å². The van der Waals surface area contributed by atoms with Crippen LogP contribution in [-0.4, -0.2) is 30.6 Å². The Hall–Kier alpha value is -3.85. The van der Waals surface area contributed by atoms with E-state index in [-0.39, 0.29) is 21.8 Å². The number of benzene rings is 3. The smallest absolute Gasteiger partial charge is 0.328 e. The lowest BCUT2D eigenvalue weighted by Gasteiger charge is -2.23. The Morgan fingerprint density at radius 1 is 0.875 bits per heavy atom.